The van der Waals surface area contributed by atoms with Crippen molar-refractivity contribution in [2.24, 2.45) is 5.92 Å². The molecule has 0 fully saturated rings. The standard InChI is InChI=1S/C32H53B2N3O11/c1-2-23(31(41)42)14-11-13-18-35-28(38)17-16-27(32(43)44)37-29(39)15-10-8-6-4-3-5-7-9-12-19-36-30(40)24-20-25(33(45)46)22-26(21-24)34(47)48/h20-23,27,45-48H,2-19H2,1H3,(H,35,38)(H,36,40)(H,37,39)(H,41,42)(H,43,44)/t23-,27-/m0/s1. The van der Waals surface area contributed by atoms with E-state index in [9.17, 15) is 49.2 Å². The second-order valence-electron chi connectivity index (χ2n) is 12.1. The molecule has 0 saturated heterocycles. The van der Waals surface area contributed by atoms with Crippen molar-refractivity contribution in [2.75, 3.05) is 13.1 Å². The van der Waals surface area contributed by atoms with Crippen LogP contribution in [0.15, 0.2) is 18.2 Å². The van der Waals surface area contributed by atoms with Gasteiger partial charge in [0, 0.05) is 31.5 Å². The molecular weight excluding hydrogens is 624 g/mol. The third-order valence-electron chi connectivity index (χ3n) is 8.14. The highest BCUT2D eigenvalue weighted by molar-refractivity contribution is 6.62. The van der Waals surface area contributed by atoms with Crippen molar-refractivity contribution in [1.29, 1.82) is 0 Å². The number of rotatable bonds is 27. The SMILES string of the molecule is CC[C@@H](CCCCNC(=O)CC[C@H](NC(=O)CCCCCCCCCCCNC(=O)c1cc(B(O)O)cc(B(O)O)c1)C(=O)O)C(=O)O. The van der Waals surface area contributed by atoms with Crippen molar-refractivity contribution in [1.82, 2.24) is 16.0 Å². The fourth-order valence-electron chi connectivity index (χ4n) is 5.19. The third kappa shape index (κ3) is 18.8. The van der Waals surface area contributed by atoms with E-state index < -0.39 is 38.1 Å². The maximum absolute atomic E-state index is 12.4. The first-order chi connectivity index (χ1) is 22.8. The zero-order valence-corrected chi connectivity index (χ0v) is 28.0. The summed E-state index contributed by atoms with van der Waals surface area (Å²) in [5.74, 6) is -3.51. The molecule has 16 heteroatoms. The molecular formula is C32H53B2N3O11. The quantitative estimate of drug-likeness (QED) is 0.0457. The average Bonchev–Trinajstić information content (AvgIpc) is 3.04. The van der Waals surface area contributed by atoms with Gasteiger partial charge in [0.15, 0.2) is 0 Å². The Morgan fingerprint density at radius 1 is 0.625 bits per heavy atom. The molecule has 0 aliphatic carbocycles. The van der Waals surface area contributed by atoms with E-state index in [4.69, 9.17) is 5.11 Å². The molecule has 3 amide bonds. The predicted molar refractivity (Wildman–Crippen MR) is 182 cm³/mol. The summed E-state index contributed by atoms with van der Waals surface area (Å²) in [6.45, 7) is 2.64. The summed E-state index contributed by atoms with van der Waals surface area (Å²) in [6, 6.07) is 2.64. The van der Waals surface area contributed by atoms with Gasteiger partial charge in [-0.25, -0.2) is 4.79 Å². The molecule has 268 valence electrons. The van der Waals surface area contributed by atoms with E-state index in [1.54, 1.807) is 0 Å². The van der Waals surface area contributed by atoms with Crippen LogP contribution < -0.4 is 26.9 Å². The highest BCUT2D eigenvalue weighted by Gasteiger charge is 2.22. The van der Waals surface area contributed by atoms with Crippen molar-refractivity contribution in [3.63, 3.8) is 0 Å². The lowest BCUT2D eigenvalue weighted by molar-refractivity contribution is -0.142. The Morgan fingerprint density at radius 2 is 1.15 bits per heavy atom. The normalized spacial score (nSPS) is 12.1. The molecule has 0 aromatic heterocycles. The van der Waals surface area contributed by atoms with Crippen LogP contribution in [0.25, 0.3) is 0 Å². The zero-order chi connectivity index (χ0) is 35.9. The number of amides is 3. The van der Waals surface area contributed by atoms with Crippen molar-refractivity contribution >= 4 is 54.8 Å². The number of carboxylic acids is 2. The van der Waals surface area contributed by atoms with E-state index >= 15 is 0 Å². The molecule has 0 aliphatic rings. The smallest absolute Gasteiger partial charge is 0.481 e. The summed E-state index contributed by atoms with van der Waals surface area (Å²) < 4.78 is 0. The number of unbranched alkanes of at least 4 members (excludes halogenated alkanes) is 9. The largest absolute Gasteiger partial charge is 0.488 e. The number of aliphatic carboxylic acids is 2. The number of benzene rings is 1. The Morgan fingerprint density at radius 3 is 1.67 bits per heavy atom. The number of hydrogen-bond acceptors (Lipinski definition) is 9. The minimum atomic E-state index is -1.85. The van der Waals surface area contributed by atoms with E-state index in [-0.39, 0.29) is 53.5 Å². The summed E-state index contributed by atoms with van der Waals surface area (Å²) in [4.78, 5) is 59.3. The molecule has 1 rings (SSSR count). The summed E-state index contributed by atoms with van der Waals surface area (Å²) in [6.07, 6.45) is 10.7. The van der Waals surface area contributed by atoms with E-state index in [1.807, 2.05) is 6.92 Å². The van der Waals surface area contributed by atoms with Gasteiger partial charge in [-0.2, -0.15) is 0 Å². The third-order valence-corrected chi connectivity index (χ3v) is 8.14. The van der Waals surface area contributed by atoms with Crippen LogP contribution in [-0.2, 0) is 19.2 Å². The molecule has 2 atom stereocenters. The number of carbonyl (C=O) groups excluding carboxylic acids is 3. The number of hydrogen-bond donors (Lipinski definition) is 9. The lowest BCUT2D eigenvalue weighted by Crippen LogP contribution is -2.41. The summed E-state index contributed by atoms with van der Waals surface area (Å²) in [5.41, 5.74) is 0.0782. The zero-order valence-electron chi connectivity index (χ0n) is 28.0. The van der Waals surface area contributed by atoms with Gasteiger partial charge in [0.1, 0.15) is 6.04 Å². The molecule has 0 bridgehead atoms. The van der Waals surface area contributed by atoms with E-state index in [2.05, 4.69) is 16.0 Å². The van der Waals surface area contributed by atoms with Crippen LogP contribution in [-0.4, -0.2) is 93.3 Å². The van der Waals surface area contributed by atoms with Crippen LogP contribution >= 0.6 is 0 Å². The molecule has 14 nitrogen and oxygen atoms in total. The summed E-state index contributed by atoms with van der Waals surface area (Å²) in [7, 11) is -3.69. The first-order valence-corrected chi connectivity index (χ1v) is 17.0. The first-order valence-electron chi connectivity index (χ1n) is 17.0. The van der Waals surface area contributed by atoms with Gasteiger partial charge in [-0.15, -0.1) is 0 Å². The fraction of sp³-hybridized carbons (Fsp3) is 0.656. The van der Waals surface area contributed by atoms with Crippen LogP contribution in [0, 0.1) is 5.92 Å². The van der Waals surface area contributed by atoms with Gasteiger partial charge in [0.05, 0.1) is 5.92 Å². The second kappa shape index (κ2) is 24.6. The van der Waals surface area contributed by atoms with Crippen LogP contribution in [0.3, 0.4) is 0 Å². The Labute approximate surface area is 283 Å². The van der Waals surface area contributed by atoms with Gasteiger partial charge in [0.25, 0.3) is 5.91 Å². The van der Waals surface area contributed by atoms with Crippen molar-refractivity contribution in [2.45, 2.75) is 116 Å². The summed E-state index contributed by atoms with van der Waals surface area (Å²) >= 11 is 0. The minimum absolute atomic E-state index is 0.0132. The number of carbonyl (C=O) groups is 5. The molecule has 0 heterocycles. The van der Waals surface area contributed by atoms with Crippen LogP contribution in [0.4, 0.5) is 0 Å². The lowest BCUT2D eigenvalue weighted by atomic mass is 9.72. The molecule has 0 radical (unpaired) electrons. The molecule has 0 unspecified atom stereocenters. The van der Waals surface area contributed by atoms with Crippen LogP contribution in [0.1, 0.15) is 120 Å². The van der Waals surface area contributed by atoms with Crippen molar-refractivity contribution in [3.05, 3.63) is 23.8 Å². The minimum Gasteiger partial charge on any atom is -0.481 e. The molecule has 0 aliphatic heterocycles. The van der Waals surface area contributed by atoms with Gasteiger partial charge >= 0.3 is 26.2 Å². The average molecular weight is 677 g/mol. The number of carboxylic acid groups (broad SMARTS) is 2. The Hall–Kier alpha value is -3.46. The second-order valence-corrected chi connectivity index (χ2v) is 12.1. The van der Waals surface area contributed by atoms with Crippen LogP contribution in [0.2, 0.25) is 0 Å². The lowest BCUT2D eigenvalue weighted by Gasteiger charge is -2.14. The molecule has 9 N–H and O–H groups in total. The topological polar surface area (TPSA) is 243 Å². The van der Waals surface area contributed by atoms with Gasteiger partial charge in [-0.05, 0) is 61.6 Å². The summed E-state index contributed by atoms with van der Waals surface area (Å²) in [5, 5.41) is 63.9. The molecule has 0 saturated carbocycles. The maximum atomic E-state index is 12.4. The highest BCUT2D eigenvalue weighted by Crippen LogP contribution is 2.13. The number of nitrogens with one attached hydrogen (secondary N) is 3. The molecule has 1 aromatic rings. The molecule has 1 aromatic carbocycles. The first kappa shape index (κ1) is 42.6. The van der Waals surface area contributed by atoms with Crippen molar-refractivity contribution < 1.29 is 54.3 Å². The van der Waals surface area contributed by atoms with Crippen LogP contribution in [0.5, 0.6) is 0 Å². The monoisotopic (exact) mass is 677 g/mol. The predicted octanol–water partition coefficient (Wildman–Crippen LogP) is 0.424. The Balaban J connectivity index is 2.11. The van der Waals surface area contributed by atoms with Gasteiger partial charge in [-0.3, -0.25) is 19.2 Å². The Kier molecular flexibility index (Phi) is 21.9. The maximum Gasteiger partial charge on any atom is 0.488 e. The van der Waals surface area contributed by atoms with Gasteiger partial charge in [-0.1, -0.05) is 64.4 Å². The van der Waals surface area contributed by atoms with Crippen molar-refractivity contribution in [3.8, 4) is 0 Å². The van der Waals surface area contributed by atoms with E-state index in [0.717, 1.165) is 51.4 Å². The Bertz CT molecular complexity index is 1130. The fourth-order valence-corrected chi connectivity index (χ4v) is 5.19. The van der Waals surface area contributed by atoms with Gasteiger partial charge < -0.3 is 46.3 Å². The molecule has 48 heavy (non-hydrogen) atoms. The highest BCUT2D eigenvalue weighted by atomic mass is 16.4. The van der Waals surface area contributed by atoms with E-state index in [1.165, 1.54) is 18.2 Å². The molecule has 0 spiro atoms. The van der Waals surface area contributed by atoms with Gasteiger partial charge in [0.2, 0.25) is 11.8 Å². The van der Waals surface area contributed by atoms with E-state index in [0.29, 0.717) is 45.2 Å².